The molecule has 34 heavy (non-hydrogen) atoms. The number of aryl methyl sites for hydroxylation is 1. The number of benzene rings is 2. The second-order valence-electron chi connectivity index (χ2n) is 9.18. The van der Waals surface area contributed by atoms with E-state index in [2.05, 4.69) is 9.88 Å². The highest BCUT2D eigenvalue weighted by Crippen LogP contribution is 2.36. The van der Waals surface area contributed by atoms with Crippen LogP contribution in [0.4, 0.5) is 0 Å². The van der Waals surface area contributed by atoms with Crippen LogP contribution in [0.5, 0.6) is 0 Å². The molecule has 1 saturated carbocycles. The van der Waals surface area contributed by atoms with Gasteiger partial charge in [-0.15, -0.1) is 0 Å². The quantitative estimate of drug-likeness (QED) is 0.490. The topological polar surface area (TPSA) is 73.1 Å². The van der Waals surface area contributed by atoms with Crippen molar-refractivity contribution in [2.75, 3.05) is 7.05 Å². The highest BCUT2D eigenvalue weighted by Gasteiger charge is 2.24. The zero-order chi connectivity index (χ0) is 24.4. The number of nitrogens with one attached hydrogen (secondary N) is 1. The van der Waals surface area contributed by atoms with E-state index >= 15 is 0 Å². The van der Waals surface area contributed by atoms with Gasteiger partial charge < -0.3 is 14.5 Å². The summed E-state index contributed by atoms with van der Waals surface area (Å²) < 4.78 is 4.09. The third-order valence-corrected chi connectivity index (χ3v) is 6.29. The minimum Gasteiger partial charge on any atom is -0.358 e. The summed E-state index contributed by atoms with van der Waals surface area (Å²) in [5.74, 6) is 0.0524. The first-order valence-electron chi connectivity index (χ1n) is 11.7. The minimum atomic E-state index is -0.0801. The van der Waals surface area contributed by atoms with Gasteiger partial charge in [0, 0.05) is 47.4 Å². The SMILES string of the molecule is CNC(=O)Cn1cc(C(C)C)c(=O)c2ccccc21.Cc1cn(C2CC2)c2ccccc2c1=O. The summed E-state index contributed by atoms with van der Waals surface area (Å²) in [7, 11) is 1.61. The Labute approximate surface area is 198 Å². The molecule has 1 fully saturated rings. The molecule has 4 aromatic rings. The molecule has 0 spiro atoms. The van der Waals surface area contributed by atoms with Crippen LogP contribution in [0.3, 0.4) is 0 Å². The summed E-state index contributed by atoms with van der Waals surface area (Å²) in [4.78, 5) is 35.9. The van der Waals surface area contributed by atoms with Crippen LogP contribution in [0.25, 0.3) is 21.8 Å². The number of carbonyl (C=O) groups is 1. The van der Waals surface area contributed by atoms with E-state index in [0.717, 1.165) is 27.5 Å². The molecule has 2 aromatic heterocycles. The molecule has 1 aliphatic carbocycles. The molecule has 2 heterocycles. The minimum absolute atomic E-state index is 0.0544. The van der Waals surface area contributed by atoms with Crippen LogP contribution < -0.4 is 16.2 Å². The summed E-state index contributed by atoms with van der Waals surface area (Å²) in [6.45, 7) is 6.08. The number of para-hydroxylation sites is 2. The summed E-state index contributed by atoms with van der Waals surface area (Å²) in [5, 5.41) is 4.12. The predicted molar refractivity (Wildman–Crippen MR) is 138 cm³/mol. The molecule has 0 radical (unpaired) electrons. The van der Waals surface area contributed by atoms with Crippen molar-refractivity contribution in [2.45, 2.75) is 52.1 Å². The zero-order valence-corrected chi connectivity index (χ0v) is 20.2. The van der Waals surface area contributed by atoms with E-state index in [4.69, 9.17) is 0 Å². The average Bonchev–Trinajstić information content (AvgIpc) is 3.69. The first kappa shape index (κ1) is 23.5. The number of hydrogen-bond donors (Lipinski definition) is 1. The third-order valence-electron chi connectivity index (χ3n) is 6.29. The van der Waals surface area contributed by atoms with E-state index in [-0.39, 0.29) is 29.2 Å². The fourth-order valence-electron chi connectivity index (χ4n) is 4.24. The Kier molecular flexibility index (Phi) is 6.68. The molecule has 176 valence electrons. The lowest BCUT2D eigenvalue weighted by Crippen LogP contribution is -2.25. The molecule has 1 aliphatic rings. The Balaban J connectivity index is 0.000000165. The van der Waals surface area contributed by atoms with Crippen molar-refractivity contribution >= 4 is 27.7 Å². The molecule has 0 saturated heterocycles. The van der Waals surface area contributed by atoms with Gasteiger partial charge in [0.15, 0.2) is 10.9 Å². The second kappa shape index (κ2) is 9.67. The van der Waals surface area contributed by atoms with Gasteiger partial charge in [0.2, 0.25) is 5.91 Å². The highest BCUT2D eigenvalue weighted by atomic mass is 16.2. The van der Waals surface area contributed by atoms with Crippen LogP contribution in [0.1, 0.15) is 49.8 Å². The fraction of sp³-hybridized carbons (Fsp3) is 0.321. The molecule has 1 N–H and O–H groups in total. The van der Waals surface area contributed by atoms with Gasteiger partial charge in [-0.05, 0) is 49.9 Å². The molecular weight excluding hydrogens is 426 g/mol. The number of rotatable bonds is 4. The van der Waals surface area contributed by atoms with Crippen molar-refractivity contribution in [1.29, 1.82) is 0 Å². The Morgan fingerprint density at radius 3 is 2.12 bits per heavy atom. The van der Waals surface area contributed by atoms with Gasteiger partial charge >= 0.3 is 0 Å². The first-order chi connectivity index (χ1) is 16.3. The van der Waals surface area contributed by atoms with Gasteiger partial charge in [-0.1, -0.05) is 38.1 Å². The number of aromatic nitrogens is 2. The van der Waals surface area contributed by atoms with Crippen molar-refractivity contribution in [3.8, 4) is 0 Å². The van der Waals surface area contributed by atoms with Gasteiger partial charge in [-0.3, -0.25) is 14.4 Å². The standard InChI is InChI=1S/C15H18N2O2.C13H13NO/c1-10(2)12-8-17(9-14(18)16-3)13-7-5-4-6-11(13)15(12)19;1-9-8-14(10-6-7-10)12-5-3-2-4-11(12)13(9)15/h4-8,10H,9H2,1-3H3,(H,16,18);2-5,8,10H,6-7H2,1H3. The van der Waals surface area contributed by atoms with E-state index in [9.17, 15) is 14.4 Å². The molecule has 6 nitrogen and oxygen atoms in total. The number of likely N-dealkylation sites (N-methyl/N-ethyl adjacent to an activating group) is 1. The predicted octanol–water partition coefficient (Wildman–Crippen LogP) is 4.52. The smallest absolute Gasteiger partial charge is 0.239 e. The molecule has 0 unspecified atom stereocenters. The lowest BCUT2D eigenvalue weighted by molar-refractivity contribution is -0.121. The molecule has 0 atom stereocenters. The summed E-state index contributed by atoms with van der Waals surface area (Å²) >= 11 is 0. The van der Waals surface area contributed by atoms with E-state index in [1.54, 1.807) is 13.2 Å². The van der Waals surface area contributed by atoms with E-state index < -0.39 is 0 Å². The number of nitrogens with zero attached hydrogens (tertiary/aromatic N) is 2. The second-order valence-corrected chi connectivity index (χ2v) is 9.18. The molecule has 6 heteroatoms. The van der Waals surface area contributed by atoms with Crippen LogP contribution >= 0.6 is 0 Å². The van der Waals surface area contributed by atoms with Crippen molar-refractivity contribution in [1.82, 2.24) is 14.5 Å². The Morgan fingerprint density at radius 1 is 0.941 bits per heavy atom. The van der Waals surface area contributed by atoms with Crippen LogP contribution in [0, 0.1) is 6.92 Å². The Morgan fingerprint density at radius 2 is 1.53 bits per heavy atom. The van der Waals surface area contributed by atoms with Crippen LogP contribution in [-0.4, -0.2) is 22.1 Å². The Bertz CT molecular complexity index is 1480. The van der Waals surface area contributed by atoms with Crippen molar-refractivity contribution in [2.24, 2.45) is 0 Å². The maximum absolute atomic E-state index is 12.4. The van der Waals surface area contributed by atoms with Crippen molar-refractivity contribution < 1.29 is 4.79 Å². The maximum atomic E-state index is 12.4. The lowest BCUT2D eigenvalue weighted by Gasteiger charge is -2.14. The number of amides is 1. The number of hydrogen-bond acceptors (Lipinski definition) is 3. The summed E-state index contributed by atoms with van der Waals surface area (Å²) in [6, 6.07) is 15.9. The molecule has 2 aromatic carbocycles. The molecule has 1 amide bonds. The van der Waals surface area contributed by atoms with Gasteiger partial charge in [0.05, 0.1) is 11.0 Å². The Hall–Kier alpha value is -3.67. The van der Waals surface area contributed by atoms with Crippen LogP contribution in [-0.2, 0) is 11.3 Å². The van der Waals surface area contributed by atoms with Gasteiger partial charge in [-0.25, -0.2) is 0 Å². The number of pyridine rings is 2. The summed E-state index contributed by atoms with van der Waals surface area (Å²) in [6.07, 6.45) is 6.28. The normalized spacial score (nSPS) is 13.1. The fourth-order valence-corrected chi connectivity index (χ4v) is 4.24. The van der Waals surface area contributed by atoms with Gasteiger partial charge in [0.1, 0.15) is 6.54 Å². The van der Waals surface area contributed by atoms with Crippen LogP contribution in [0.15, 0.2) is 70.5 Å². The lowest BCUT2D eigenvalue weighted by atomic mass is 10.0. The van der Waals surface area contributed by atoms with Gasteiger partial charge in [-0.2, -0.15) is 0 Å². The number of carbonyl (C=O) groups excluding carboxylic acids is 1. The highest BCUT2D eigenvalue weighted by molar-refractivity contribution is 5.83. The van der Waals surface area contributed by atoms with Crippen LogP contribution in [0.2, 0.25) is 0 Å². The zero-order valence-electron chi connectivity index (χ0n) is 20.2. The largest absolute Gasteiger partial charge is 0.358 e. The van der Waals surface area contributed by atoms with Crippen molar-refractivity contribution in [3.05, 3.63) is 92.5 Å². The monoisotopic (exact) mass is 457 g/mol. The summed E-state index contributed by atoms with van der Waals surface area (Å²) in [5.41, 5.74) is 3.68. The molecule has 0 aliphatic heterocycles. The molecule has 0 bridgehead atoms. The molecule has 5 rings (SSSR count). The first-order valence-corrected chi connectivity index (χ1v) is 11.7. The molecular formula is C28H31N3O3. The maximum Gasteiger partial charge on any atom is 0.239 e. The van der Waals surface area contributed by atoms with E-state index in [1.807, 2.05) is 80.1 Å². The average molecular weight is 458 g/mol. The third kappa shape index (κ3) is 4.67. The van der Waals surface area contributed by atoms with E-state index in [1.165, 1.54) is 12.8 Å². The number of fused-ring (bicyclic) bond motifs is 2. The van der Waals surface area contributed by atoms with Gasteiger partial charge in [0.25, 0.3) is 0 Å². The van der Waals surface area contributed by atoms with Crippen molar-refractivity contribution in [3.63, 3.8) is 0 Å². The van der Waals surface area contributed by atoms with E-state index in [0.29, 0.717) is 11.4 Å².